The van der Waals surface area contributed by atoms with Gasteiger partial charge in [-0.25, -0.2) is 0 Å². The Morgan fingerprint density at radius 1 is 0.733 bits per heavy atom. The van der Waals surface area contributed by atoms with E-state index in [4.69, 9.17) is 0 Å². The van der Waals surface area contributed by atoms with E-state index in [2.05, 4.69) is 0 Å². The van der Waals surface area contributed by atoms with Gasteiger partial charge in [0.05, 0.1) is 0 Å². The lowest BCUT2D eigenvalue weighted by Gasteiger charge is -2.19. The van der Waals surface area contributed by atoms with Gasteiger partial charge in [-0.3, -0.25) is 0 Å². The zero-order valence-corrected chi connectivity index (χ0v) is 6.39. The molecule has 0 aromatic heterocycles. The van der Waals surface area contributed by atoms with Crippen molar-refractivity contribution in [3.8, 4) is 0 Å². The summed E-state index contributed by atoms with van der Waals surface area (Å²) in [5.74, 6) is 0. The molecule has 0 aromatic rings. The first-order valence-corrected chi connectivity index (χ1v) is 3.02. The molecular formula is C4BF9O. The van der Waals surface area contributed by atoms with Gasteiger partial charge in [-0.1, -0.05) is 0 Å². The van der Waals surface area contributed by atoms with Gasteiger partial charge in [-0.15, -0.1) is 0 Å². The Balaban J connectivity index is 5.26. The number of hydrogen-bond donors (Lipinski definition) is 0. The number of hydrogen-bond acceptors (Lipinski definition) is 1. The molecule has 0 atom stereocenters. The number of carbonyl (C=O) groups excluding carboxylic acids is 1. The third-order valence-electron chi connectivity index (χ3n) is 1.20. The van der Waals surface area contributed by atoms with Crippen molar-refractivity contribution < 1.29 is 44.3 Å². The fourth-order valence-corrected chi connectivity index (χ4v) is 0.647. The van der Waals surface area contributed by atoms with E-state index in [9.17, 15) is 44.3 Å². The lowest BCUT2D eigenvalue weighted by Crippen LogP contribution is -2.57. The number of carbonyl (C=O) groups is 1. The molecule has 0 aromatic carbocycles. The molecule has 0 N–H and O–H groups in total. The van der Waals surface area contributed by atoms with E-state index in [0.717, 1.165) is 0 Å². The van der Waals surface area contributed by atoms with E-state index in [1.54, 1.807) is 0 Å². The highest BCUT2D eigenvalue weighted by Crippen LogP contribution is 2.35. The zero-order chi connectivity index (χ0) is 12.7. The first-order chi connectivity index (χ1) is 6.28. The van der Waals surface area contributed by atoms with Crippen LogP contribution in [-0.2, 0) is 4.79 Å². The molecule has 0 heterocycles. The van der Waals surface area contributed by atoms with Crippen LogP contribution in [0.5, 0.6) is 0 Å². The summed E-state index contributed by atoms with van der Waals surface area (Å²) in [6, 6.07) is 0. The van der Waals surface area contributed by atoms with Crippen LogP contribution in [0, 0.1) is 0 Å². The van der Waals surface area contributed by atoms with Gasteiger partial charge in [0.1, 0.15) is 0 Å². The molecule has 0 amide bonds. The molecule has 1 nitrogen and oxygen atoms in total. The number of halogens is 9. The molecular weight excluding hydrogens is 246 g/mol. The third-order valence-corrected chi connectivity index (χ3v) is 1.20. The maximum Gasteiger partial charge on any atom is 0.485 e. The number of rotatable bonds is 1. The second kappa shape index (κ2) is 3.60. The topological polar surface area (TPSA) is 17.1 Å². The smallest absolute Gasteiger partial charge is 0.300 e. The van der Waals surface area contributed by atoms with Crippen LogP contribution in [0.3, 0.4) is 0 Å². The van der Waals surface area contributed by atoms with Crippen LogP contribution in [0.25, 0.3) is 0 Å². The zero-order valence-electron chi connectivity index (χ0n) is 6.39. The van der Waals surface area contributed by atoms with Gasteiger partial charge >= 0.3 is 25.0 Å². The lowest BCUT2D eigenvalue weighted by atomic mass is 9.44. The molecule has 0 bridgehead atoms. The Kier molecular flexibility index (Phi) is 3.38. The molecule has 0 saturated carbocycles. The summed E-state index contributed by atoms with van der Waals surface area (Å²) in [7, 11) is 0. The van der Waals surface area contributed by atoms with Crippen LogP contribution in [0.4, 0.5) is 39.5 Å². The minimum absolute atomic E-state index is 3.87. The summed E-state index contributed by atoms with van der Waals surface area (Å²) in [6.45, 7) is -5.02. The van der Waals surface area contributed by atoms with Crippen LogP contribution in [-0.4, -0.2) is 30.7 Å². The highest BCUT2D eigenvalue weighted by Gasteiger charge is 2.71. The van der Waals surface area contributed by atoms with Crippen molar-refractivity contribution in [1.29, 1.82) is 0 Å². The first kappa shape index (κ1) is 14.1. The summed E-state index contributed by atoms with van der Waals surface area (Å²) >= 11 is 0. The SMILES string of the molecule is O=C(B(C(F)(F)F)C(F)(F)F)C(F)(F)F. The average Bonchev–Trinajstić information content (AvgIpc) is 1.76. The van der Waals surface area contributed by atoms with E-state index >= 15 is 0 Å². The Morgan fingerprint density at radius 3 is 1.07 bits per heavy atom. The van der Waals surface area contributed by atoms with Crippen molar-refractivity contribution in [1.82, 2.24) is 0 Å². The van der Waals surface area contributed by atoms with Crippen LogP contribution in [0.2, 0.25) is 0 Å². The molecule has 15 heavy (non-hydrogen) atoms. The Labute approximate surface area is 76.3 Å². The second-order valence-electron chi connectivity index (χ2n) is 2.38. The minimum Gasteiger partial charge on any atom is -0.300 e. The van der Waals surface area contributed by atoms with Crippen LogP contribution in [0.1, 0.15) is 0 Å². The van der Waals surface area contributed by atoms with Crippen molar-refractivity contribution in [3.63, 3.8) is 0 Å². The standard InChI is InChI=1S/C4BF9O/c6-2(7,8)1(15)5(3(9,10)11)4(12,13)14. The van der Waals surface area contributed by atoms with E-state index in [0.29, 0.717) is 0 Å². The molecule has 0 fully saturated rings. The quantitative estimate of drug-likeness (QED) is 0.512. The molecule has 88 valence electrons. The van der Waals surface area contributed by atoms with E-state index in [1.807, 2.05) is 0 Å². The molecule has 0 unspecified atom stereocenters. The second-order valence-corrected chi connectivity index (χ2v) is 2.38. The van der Waals surface area contributed by atoms with Crippen molar-refractivity contribution in [2.45, 2.75) is 18.3 Å². The largest absolute Gasteiger partial charge is 0.485 e. The predicted molar refractivity (Wildman–Crippen MR) is 28.9 cm³/mol. The van der Waals surface area contributed by atoms with Gasteiger partial charge in [0, 0.05) is 0 Å². The summed E-state index contributed by atoms with van der Waals surface area (Å²) < 4.78 is 104. The fourth-order valence-electron chi connectivity index (χ4n) is 0.647. The fraction of sp³-hybridized carbons (Fsp3) is 0.750. The van der Waals surface area contributed by atoms with Gasteiger partial charge in [0.2, 0.25) is 5.68 Å². The Morgan fingerprint density at radius 2 is 1.00 bits per heavy atom. The van der Waals surface area contributed by atoms with Crippen LogP contribution in [0.15, 0.2) is 0 Å². The molecule has 11 heteroatoms. The van der Waals surface area contributed by atoms with E-state index in [1.165, 1.54) is 0 Å². The Hall–Kier alpha value is -0.895. The molecule has 0 spiro atoms. The summed E-state index contributed by atoms with van der Waals surface area (Å²) in [6.07, 6.45) is -18.8. The van der Waals surface area contributed by atoms with Crippen molar-refractivity contribution in [2.75, 3.05) is 0 Å². The van der Waals surface area contributed by atoms with Gasteiger partial charge in [-0.05, 0) is 0 Å². The first-order valence-electron chi connectivity index (χ1n) is 3.02. The molecule has 0 aliphatic rings. The number of alkyl halides is 9. The maximum absolute atomic E-state index is 11.6. The van der Waals surface area contributed by atoms with Gasteiger partial charge in [0.15, 0.2) is 0 Å². The lowest BCUT2D eigenvalue weighted by molar-refractivity contribution is -0.170. The molecule has 0 aliphatic carbocycles. The average molecular weight is 246 g/mol. The van der Waals surface area contributed by atoms with Gasteiger partial charge in [-0.2, -0.15) is 39.5 Å². The molecule has 0 aliphatic heterocycles. The molecule has 0 rings (SSSR count). The molecule has 0 saturated heterocycles. The summed E-state index contributed by atoms with van der Waals surface area (Å²) in [4.78, 5) is 9.89. The predicted octanol–water partition coefficient (Wildman–Crippen LogP) is 2.35. The molecule has 0 radical (unpaired) electrons. The van der Waals surface area contributed by atoms with Gasteiger partial charge < -0.3 is 4.79 Å². The highest BCUT2D eigenvalue weighted by molar-refractivity contribution is 6.93. The maximum atomic E-state index is 11.6. The summed E-state index contributed by atoms with van der Waals surface area (Å²) in [5, 5.41) is 0. The monoisotopic (exact) mass is 246 g/mol. The minimum atomic E-state index is -6.31. The third kappa shape index (κ3) is 3.63. The van der Waals surface area contributed by atoms with Crippen molar-refractivity contribution in [2.24, 2.45) is 0 Å². The van der Waals surface area contributed by atoms with E-state index < -0.39 is 30.7 Å². The van der Waals surface area contributed by atoms with Crippen LogP contribution >= 0.6 is 0 Å². The van der Waals surface area contributed by atoms with Crippen LogP contribution < -0.4 is 0 Å². The summed E-state index contributed by atoms with van der Waals surface area (Å²) in [5.41, 5.74) is -3.87. The van der Waals surface area contributed by atoms with Gasteiger partial charge in [0.25, 0.3) is 0 Å². The highest BCUT2D eigenvalue weighted by atomic mass is 19.4. The van der Waals surface area contributed by atoms with E-state index in [-0.39, 0.29) is 0 Å². The Bertz CT molecular complexity index is 232. The normalized spacial score (nSPS) is 13.9. The van der Waals surface area contributed by atoms with Crippen molar-refractivity contribution >= 4 is 12.4 Å². The van der Waals surface area contributed by atoms with Crippen molar-refractivity contribution in [3.05, 3.63) is 0 Å².